The van der Waals surface area contributed by atoms with Gasteiger partial charge in [0.2, 0.25) is 0 Å². The Morgan fingerprint density at radius 3 is 1.92 bits per heavy atom. The van der Waals surface area contributed by atoms with Crippen molar-refractivity contribution in [2.75, 3.05) is 0 Å². The number of hydrogen-bond donors (Lipinski definition) is 0. The summed E-state index contributed by atoms with van der Waals surface area (Å²) in [6, 6.07) is 13.1. The van der Waals surface area contributed by atoms with Gasteiger partial charge in [0.05, 0.1) is 0 Å². The first-order valence-corrected chi connectivity index (χ1v) is 9.22. The SMILES string of the molecule is C=C(c1ccc(Br)cc1)c1cc2c(cc1C)C(C)(C)C=CC2(C)C. The molecule has 0 atom stereocenters. The van der Waals surface area contributed by atoms with Crippen LogP contribution in [-0.2, 0) is 10.8 Å². The zero-order valence-electron chi connectivity index (χ0n) is 15.2. The lowest BCUT2D eigenvalue weighted by Gasteiger charge is -2.37. The maximum Gasteiger partial charge on any atom is 0.0175 e. The van der Waals surface area contributed by atoms with E-state index in [4.69, 9.17) is 0 Å². The molecule has 1 heteroatoms. The van der Waals surface area contributed by atoms with Gasteiger partial charge < -0.3 is 0 Å². The molecule has 0 unspecified atom stereocenters. The number of benzene rings is 2. The quantitative estimate of drug-likeness (QED) is 0.494. The number of rotatable bonds is 2. The molecule has 24 heavy (non-hydrogen) atoms. The second kappa shape index (κ2) is 5.74. The monoisotopic (exact) mass is 380 g/mol. The van der Waals surface area contributed by atoms with E-state index < -0.39 is 0 Å². The van der Waals surface area contributed by atoms with E-state index >= 15 is 0 Å². The van der Waals surface area contributed by atoms with Crippen LogP contribution in [0.5, 0.6) is 0 Å². The molecule has 124 valence electrons. The van der Waals surface area contributed by atoms with Crippen molar-refractivity contribution in [1.82, 2.24) is 0 Å². The Bertz CT molecular complexity index is 833. The van der Waals surface area contributed by atoms with Crippen molar-refractivity contribution in [3.63, 3.8) is 0 Å². The molecule has 2 aromatic rings. The van der Waals surface area contributed by atoms with Crippen molar-refractivity contribution in [1.29, 1.82) is 0 Å². The molecule has 0 saturated heterocycles. The second-order valence-electron chi connectivity index (χ2n) is 7.97. The second-order valence-corrected chi connectivity index (χ2v) is 8.89. The Balaban J connectivity index is 2.15. The van der Waals surface area contributed by atoms with Crippen LogP contribution in [0, 0.1) is 6.92 Å². The van der Waals surface area contributed by atoms with E-state index in [0.29, 0.717) is 0 Å². The zero-order chi connectivity index (χ0) is 17.7. The van der Waals surface area contributed by atoms with E-state index in [1.54, 1.807) is 0 Å². The topological polar surface area (TPSA) is 0 Å². The molecule has 0 aliphatic heterocycles. The molecule has 0 amide bonds. The first kappa shape index (κ1) is 17.2. The Hall–Kier alpha value is -1.60. The number of allylic oxidation sites excluding steroid dienone is 2. The summed E-state index contributed by atoms with van der Waals surface area (Å²) in [5.74, 6) is 0. The summed E-state index contributed by atoms with van der Waals surface area (Å²) in [6.45, 7) is 15.7. The van der Waals surface area contributed by atoms with Crippen LogP contribution < -0.4 is 0 Å². The van der Waals surface area contributed by atoms with E-state index in [1.807, 2.05) is 0 Å². The summed E-state index contributed by atoms with van der Waals surface area (Å²) < 4.78 is 1.09. The zero-order valence-corrected chi connectivity index (χ0v) is 16.8. The molecule has 0 saturated carbocycles. The van der Waals surface area contributed by atoms with Gasteiger partial charge in [-0.1, -0.05) is 80.6 Å². The number of hydrogen-bond acceptors (Lipinski definition) is 0. The van der Waals surface area contributed by atoms with E-state index in [0.717, 1.165) is 10.0 Å². The average Bonchev–Trinajstić information content (AvgIpc) is 2.52. The van der Waals surface area contributed by atoms with E-state index in [1.165, 1.54) is 27.8 Å². The molecule has 0 nitrogen and oxygen atoms in total. The van der Waals surface area contributed by atoms with Crippen LogP contribution in [0.15, 0.2) is 59.6 Å². The summed E-state index contributed by atoms with van der Waals surface area (Å²) in [7, 11) is 0. The minimum absolute atomic E-state index is 0.0489. The molecule has 0 spiro atoms. The average molecular weight is 381 g/mol. The van der Waals surface area contributed by atoms with Crippen molar-refractivity contribution in [2.24, 2.45) is 0 Å². The first-order chi connectivity index (χ1) is 11.1. The van der Waals surface area contributed by atoms with Crippen LogP contribution in [0.4, 0.5) is 0 Å². The Morgan fingerprint density at radius 2 is 1.38 bits per heavy atom. The Labute approximate surface area is 154 Å². The minimum Gasteiger partial charge on any atom is -0.0905 e. The van der Waals surface area contributed by atoms with E-state index in [9.17, 15) is 0 Å². The Kier molecular flexibility index (Phi) is 4.12. The van der Waals surface area contributed by atoms with Crippen LogP contribution in [0.2, 0.25) is 0 Å². The summed E-state index contributed by atoms with van der Waals surface area (Å²) >= 11 is 3.50. The normalized spacial score (nSPS) is 17.4. The maximum atomic E-state index is 4.39. The molecular formula is C23H25Br. The van der Waals surface area contributed by atoms with E-state index in [-0.39, 0.29) is 10.8 Å². The van der Waals surface area contributed by atoms with Gasteiger partial charge in [0, 0.05) is 15.3 Å². The summed E-state index contributed by atoms with van der Waals surface area (Å²) in [6.07, 6.45) is 4.69. The van der Waals surface area contributed by atoms with Crippen molar-refractivity contribution >= 4 is 21.5 Å². The highest BCUT2D eigenvalue weighted by atomic mass is 79.9. The lowest BCUT2D eigenvalue weighted by molar-refractivity contribution is 0.562. The molecule has 1 aliphatic carbocycles. The molecule has 0 heterocycles. The Morgan fingerprint density at radius 1 is 0.875 bits per heavy atom. The summed E-state index contributed by atoms with van der Waals surface area (Å²) in [4.78, 5) is 0. The molecule has 0 N–H and O–H groups in total. The van der Waals surface area contributed by atoms with Gasteiger partial charge in [0.1, 0.15) is 0 Å². The molecule has 0 aromatic heterocycles. The molecular weight excluding hydrogens is 356 g/mol. The fraction of sp³-hybridized carbons (Fsp3) is 0.304. The molecule has 2 aromatic carbocycles. The van der Waals surface area contributed by atoms with Gasteiger partial charge in [-0.15, -0.1) is 0 Å². The van der Waals surface area contributed by atoms with Gasteiger partial charge >= 0.3 is 0 Å². The number of halogens is 1. The van der Waals surface area contributed by atoms with Gasteiger partial charge in [-0.3, -0.25) is 0 Å². The standard InChI is InChI=1S/C23H25Br/c1-15-13-20-21(23(5,6)12-11-22(20,3)4)14-19(15)16(2)17-7-9-18(24)10-8-17/h7-14H,2H2,1,3-6H3. The third-order valence-electron chi connectivity index (χ3n) is 5.19. The smallest absolute Gasteiger partial charge is 0.0175 e. The predicted molar refractivity (Wildman–Crippen MR) is 109 cm³/mol. The third kappa shape index (κ3) is 2.91. The highest BCUT2D eigenvalue weighted by Gasteiger charge is 2.33. The number of aryl methyl sites for hydroxylation is 1. The van der Waals surface area contributed by atoms with Crippen LogP contribution in [-0.4, -0.2) is 0 Å². The fourth-order valence-electron chi connectivity index (χ4n) is 3.50. The van der Waals surface area contributed by atoms with Crippen LogP contribution >= 0.6 is 15.9 Å². The highest BCUT2D eigenvalue weighted by molar-refractivity contribution is 9.10. The highest BCUT2D eigenvalue weighted by Crippen LogP contribution is 2.43. The van der Waals surface area contributed by atoms with Crippen molar-refractivity contribution in [3.05, 3.63) is 87.4 Å². The summed E-state index contributed by atoms with van der Waals surface area (Å²) in [5, 5.41) is 0. The van der Waals surface area contributed by atoms with Gasteiger partial charge in [-0.25, -0.2) is 0 Å². The van der Waals surface area contributed by atoms with Gasteiger partial charge in [0.15, 0.2) is 0 Å². The molecule has 0 fully saturated rings. The number of fused-ring (bicyclic) bond motifs is 1. The molecule has 0 bridgehead atoms. The van der Waals surface area contributed by atoms with Crippen molar-refractivity contribution in [2.45, 2.75) is 45.4 Å². The summed E-state index contributed by atoms with van der Waals surface area (Å²) in [5.41, 5.74) is 7.76. The minimum atomic E-state index is 0.0489. The van der Waals surface area contributed by atoms with Gasteiger partial charge in [0.25, 0.3) is 0 Å². The third-order valence-corrected chi connectivity index (χ3v) is 5.72. The van der Waals surface area contributed by atoms with Crippen LogP contribution in [0.1, 0.15) is 55.5 Å². The van der Waals surface area contributed by atoms with Crippen LogP contribution in [0.3, 0.4) is 0 Å². The van der Waals surface area contributed by atoms with Crippen molar-refractivity contribution < 1.29 is 0 Å². The molecule has 1 aliphatic rings. The van der Waals surface area contributed by atoms with Gasteiger partial charge in [-0.2, -0.15) is 0 Å². The lowest BCUT2D eigenvalue weighted by atomic mass is 9.67. The largest absolute Gasteiger partial charge is 0.0905 e. The lowest BCUT2D eigenvalue weighted by Crippen LogP contribution is -2.29. The van der Waals surface area contributed by atoms with Crippen LogP contribution in [0.25, 0.3) is 5.57 Å². The first-order valence-electron chi connectivity index (χ1n) is 8.43. The maximum absolute atomic E-state index is 4.39. The van der Waals surface area contributed by atoms with Crippen molar-refractivity contribution in [3.8, 4) is 0 Å². The predicted octanol–water partition coefficient (Wildman–Crippen LogP) is 6.94. The fourth-order valence-corrected chi connectivity index (χ4v) is 3.77. The molecule has 3 rings (SSSR count). The van der Waals surface area contributed by atoms with E-state index in [2.05, 4.69) is 106 Å². The van der Waals surface area contributed by atoms with Gasteiger partial charge in [-0.05, 0) is 58.5 Å². The molecule has 0 radical (unpaired) electrons.